The third kappa shape index (κ3) is 5.25. The Morgan fingerprint density at radius 3 is 2.48 bits per heavy atom. The lowest BCUT2D eigenvalue weighted by atomic mass is 10.1. The number of likely N-dealkylation sites (N-methyl/N-ethyl adjacent to an activating group) is 2. The van der Waals surface area contributed by atoms with Crippen molar-refractivity contribution in [1.29, 1.82) is 0 Å². The molecule has 0 saturated heterocycles. The molecule has 0 bridgehead atoms. The number of hydrogen-bond donors (Lipinski definition) is 2. The molecular weight excluding hydrogens is 270 g/mol. The maximum absolute atomic E-state index is 12.1. The van der Waals surface area contributed by atoms with Gasteiger partial charge in [-0.3, -0.25) is 9.59 Å². The standard InChI is InChI=1S/C15H21N3O3/c1-4-16-14(20)10-18(5-2)15(21)17-13-8-6-7-12(9-13)11(3)19/h6-9H,4-5,10H2,1-3H3,(H,16,20)(H,17,21). The van der Waals surface area contributed by atoms with Gasteiger partial charge in [-0.25, -0.2) is 4.79 Å². The number of urea groups is 1. The predicted octanol–water partition coefficient (Wildman–Crippen LogP) is 1.88. The molecule has 21 heavy (non-hydrogen) atoms. The second-order valence-electron chi connectivity index (χ2n) is 4.53. The molecule has 2 N–H and O–H groups in total. The van der Waals surface area contributed by atoms with E-state index in [0.29, 0.717) is 24.3 Å². The van der Waals surface area contributed by atoms with Crippen LogP contribution in [0.1, 0.15) is 31.1 Å². The molecule has 1 rings (SSSR count). The fraction of sp³-hybridized carbons (Fsp3) is 0.400. The third-order valence-electron chi connectivity index (χ3n) is 2.90. The van der Waals surface area contributed by atoms with E-state index < -0.39 is 0 Å². The summed E-state index contributed by atoms with van der Waals surface area (Å²) in [6.07, 6.45) is 0. The maximum atomic E-state index is 12.1. The highest BCUT2D eigenvalue weighted by atomic mass is 16.2. The van der Waals surface area contributed by atoms with Gasteiger partial charge < -0.3 is 15.5 Å². The van der Waals surface area contributed by atoms with Crippen molar-refractivity contribution in [2.24, 2.45) is 0 Å². The maximum Gasteiger partial charge on any atom is 0.322 e. The summed E-state index contributed by atoms with van der Waals surface area (Å²) >= 11 is 0. The van der Waals surface area contributed by atoms with Crippen LogP contribution in [0.4, 0.5) is 10.5 Å². The van der Waals surface area contributed by atoms with Gasteiger partial charge in [0, 0.05) is 24.3 Å². The summed E-state index contributed by atoms with van der Waals surface area (Å²) in [7, 11) is 0. The van der Waals surface area contributed by atoms with E-state index in [-0.39, 0.29) is 24.3 Å². The van der Waals surface area contributed by atoms with Crippen LogP contribution in [-0.4, -0.2) is 42.3 Å². The minimum Gasteiger partial charge on any atom is -0.355 e. The number of Topliss-reactive ketones (excluding diaryl/α,β-unsaturated/α-hetero) is 1. The Labute approximate surface area is 124 Å². The van der Waals surface area contributed by atoms with Crippen LogP contribution in [0.5, 0.6) is 0 Å². The molecule has 3 amide bonds. The highest BCUT2D eigenvalue weighted by Gasteiger charge is 2.15. The van der Waals surface area contributed by atoms with Crippen LogP contribution in [0, 0.1) is 0 Å². The second-order valence-corrected chi connectivity index (χ2v) is 4.53. The zero-order valence-electron chi connectivity index (χ0n) is 12.6. The summed E-state index contributed by atoms with van der Waals surface area (Å²) < 4.78 is 0. The van der Waals surface area contributed by atoms with Gasteiger partial charge in [-0.05, 0) is 32.9 Å². The molecule has 0 atom stereocenters. The van der Waals surface area contributed by atoms with E-state index in [1.54, 1.807) is 31.2 Å². The Bertz CT molecular complexity index is 529. The minimum absolute atomic E-state index is 0.00255. The Hall–Kier alpha value is -2.37. The van der Waals surface area contributed by atoms with Gasteiger partial charge in [0.15, 0.2) is 5.78 Å². The molecule has 6 nitrogen and oxygen atoms in total. The Balaban J connectivity index is 2.71. The molecule has 0 aromatic heterocycles. The van der Waals surface area contributed by atoms with Crippen molar-refractivity contribution in [2.45, 2.75) is 20.8 Å². The summed E-state index contributed by atoms with van der Waals surface area (Å²) in [4.78, 5) is 36.4. The summed E-state index contributed by atoms with van der Waals surface area (Å²) in [5, 5.41) is 5.34. The average Bonchev–Trinajstić information content (AvgIpc) is 2.45. The number of rotatable bonds is 6. The molecular formula is C15H21N3O3. The van der Waals surface area contributed by atoms with Crippen molar-refractivity contribution in [3.05, 3.63) is 29.8 Å². The average molecular weight is 291 g/mol. The van der Waals surface area contributed by atoms with Gasteiger partial charge >= 0.3 is 6.03 Å². The van der Waals surface area contributed by atoms with Crippen LogP contribution in [0.25, 0.3) is 0 Å². The molecule has 0 saturated carbocycles. The summed E-state index contributed by atoms with van der Waals surface area (Å²) in [5.41, 5.74) is 1.06. The lowest BCUT2D eigenvalue weighted by molar-refractivity contribution is -0.121. The van der Waals surface area contributed by atoms with E-state index in [1.165, 1.54) is 11.8 Å². The van der Waals surface area contributed by atoms with Crippen LogP contribution in [0.15, 0.2) is 24.3 Å². The normalized spacial score (nSPS) is 9.86. The largest absolute Gasteiger partial charge is 0.355 e. The first-order chi connectivity index (χ1) is 9.97. The molecule has 0 heterocycles. The van der Waals surface area contributed by atoms with Gasteiger partial charge in [0.1, 0.15) is 6.54 Å². The number of hydrogen-bond acceptors (Lipinski definition) is 3. The number of carbonyl (C=O) groups is 3. The van der Waals surface area contributed by atoms with Crippen LogP contribution in [0.2, 0.25) is 0 Å². The summed E-state index contributed by atoms with van der Waals surface area (Å²) in [6, 6.07) is 6.32. The van der Waals surface area contributed by atoms with Crippen molar-refractivity contribution in [3.8, 4) is 0 Å². The van der Waals surface area contributed by atoms with E-state index in [0.717, 1.165) is 0 Å². The number of carbonyl (C=O) groups excluding carboxylic acids is 3. The molecule has 0 radical (unpaired) electrons. The van der Waals surface area contributed by atoms with Gasteiger partial charge in [-0.15, -0.1) is 0 Å². The smallest absolute Gasteiger partial charge is 0.322 e. The van der Waals surface area contributed by atoms with Gasteiger partial charge in [0.25, 0.3) is 0 Å². The van der Waals surface area contributed by atoms with Gasteiger partial charge in [0.05, 0.1) is 0 Å². The van der Waals surface area contributed by atoms with E-state index >= 15 is 0 Å². The summed E-state index contributed by atoms with van der Waals surface area (Å²) in [5.74, 6) is -0.271. The molecule has 1 aromatic rings. The van der Waals surface area contributed by atoms with Crippen molar-refractivity contribution in [2.75, 3.05) is 25.0 Å². The van der Waals surface area contributed by atoms with Crippen molar-refractivity contribution >= 4 is 23.4 Å². The molecule has 1 aromatic carbocycles. The number of nitrogens with zero attached hydrogens (tertiary/aromatic N) is 1. The number of benzene rings is 1. The third-order valence-corrected chi connectivity index (χ3v) is 2.90. The Morgan fingerprint density at radius 2 is 1.90 bits per heavy atom. The van der Waals surface area contributed by atoms with E-state index in [4.69, 9.17) is 0 Å². The number of anilines is 1. The lowest BCUT2D eigenvalue weighted by Crippen LogP contribution is -2.42. The Kier molecular flexibility index (Phi) is 6.39. The van der Waals surface area contributed by atoms with Crippen molar-refractivity contribution < 1.29 is 14.4 Å². The van der Waals surface area contributed by atoms with Crippen molar-refractivity contribution in [1.82, 2.24) is 10.2 Å². The molecule has 6 heteroatoms. The number of nitrogens with one attached hydrogen (secondary N) is 2. The molecule has 0 aliphatic heterocycles. The molecule has 114 valence electrons. The highest BCUT2D eigenvalue weighted by molar-refractivity contribution is 5.97. The lowest BCUT2D eigenvalue weighted by Gasteiger charge is -2.20. The number of ketones is 1. The first-order valence-corrected chi connectivity index (χ1v) is 6.91. The number of amides is 3. The fourth-order valence-electron chi connectivity index (χ4n) is 1.77. The molecule has 0 aliphatic carbocycles. The van der Waals surface area contributed by atoms with E-state index in [1.807, 2.05) is 6.92 Å². The topological polar surface area (TPSA) is 78.5 Å². The van der Waals surface area contributed by atoms with Gasteiger partial charge in [-0.2, -0.15) is 0 Å². The van der Waals surface area contributed by atoms with Crippen LogP contribution >= 0.6 is 0 Å². The summed E-state index contributed by atoms with van der Waals surface area (Å²) in [6.45, 7) is 6.03. The van der Waals surface area contributed by atoms with Gasteiger partial charge in [-0.1, -0.05) is 12.1 Å². The predicted molar refractivity (Wildman–Crippen MR) is 81.4 cm³/mol. The fourth-order valence-corrected chi connectivity index (χ4v) is 1.77. The minimum atomic E-state index is -0.371. The first kappa shape index (κ1) is 16.7. The Morgan fingerprint density at radius 1 is 1.19 bits per heavy atom. The molecule has 0 aliphatic rings. The van der Waals surface area contributed by atoms with E-state index in [2.05, 4.69) is 10.6 Å². The second kappa shape index (κ2) is 8.04. The SMILES string of the molecule is CCNC(=O)CN(CC)C(=O)Nc1cccc(C(C)=O)c1. The van der Waals surface area contributed by atoms with Crippen LogP contribution in [-0.2, 0) is 4.79 Å². The first-order valence-electron chi connectivity index (χ1n) is 6.91. The van der Waals surface area contributed by atoms with Crippen molar-refractivity contribution in [3.63, 3.8) is 0 Å². The monoisotopic (exact) mass is 291 g/mol. The highest BCUT2D eigenvalue weighted by Crippen LogP contribution is 2.12. The quantitative estimate of drug-likeness (QED) is 0.785. The van der Waals surface area contributed by atoms with Gasteiger partial charge in [0.2, 0.25) is 5.91 Å². The molecule has 0 unspecified atom stereocenters. The zero-order chi connectivity index (χ0) is 15.8. The molecule has 0 spiro atoms. The van der Waals surface area contributed by atoms with Crippen LogP contribution in [0.3, 0.4) is 0 Å². The zero-order valence-corrected chi connectivity index (χ0v) is 12.6. The van der Waals surface area contributed by atoms with Crippen LogP contribution < -0.4 is 10.6 Å². The molecule has 0 fully saturated rings. The van der Waals surface area contributed by atoms with E-state index in [9.17, 15) is 14.4 Å².